The minimum Gasteiger partial charge on any atom is -0.506 e. The molecule has 6 heteroatoms. The molecule has 2 rings (SSSR count). The second kappa shape index (κ2) is 6.69. The van der Waals surface area contributed by atoms with Crippen molar-refractivity contribution in [1.29, 1.82) is 0 Å². The lowest BCUT2D eigenvalue weighted by atomic mass is 9.81. The highest BCUT2D eigenvalue weighted by molar-refractivity contribution is 9.10. The number of hydrogen-bond acceptors (Lipinski definition) is 5. The number of esters is 1. The van der Waals surface area contributed by atoms with Crippen LogP contribution in [0.4, 0.5) is 0 Å². The number of ether oxygens (including phenoxy) is 2. The number of carbonyl (C=O) groups is 1. The molecule has 0 aromatic heterocycles. The van der Waals surface area contributed by atoms with E-state index in [0.717, 1.165) is 11.1 Å². The summed E-state index contributed by atoms with van der Waals surface area (Å²) >= 11 is 3.33. The second-order valence-corrected chi connectivity index (χ2v) is 7.42. The van der Waals surface area contributed by atoms with E-state index >= 15 is 0 Å². The molecule has 1 aliphatic rings. The van der Waals surface area contributed by atoms with E-state index in [0.29, 0.717) is 29.7 Å². The summed E-state index contributed by atoms with van der Waals surface area (Å²) in [5.41, 5.74) is 0.671. The highest BCUT2D eigenvalue weighted by Gasteiger charge is 2.38. The molecule has 2 N–H and O–H groups in total. The highest BCUT2D eigenvalue weighted by Crippen LogP contribution is 2.47. The van der Waals surface area contributed by atoms with E-state index in [9.17, 15) is 15.0 Å². The Morgan fingerprint density at radius 3 is 2.74 bits per heavy atom. The van der Waals surface area contributed by atoms with Crippen molar-refractivity contribution in [1.82, 2.24) is 0 Å². The van der Waals surface area contributed by atoms with Crippen LogP contribution in [-0.4, -0.2) is 34.5 Å². The van der Waals surface area contributed by atoms with Gasteiger partial charge in [-0.2, -0.15) is 0 Å². The molecule has 2 atom stereocenters. The normalized spacial score (nSPS) is 20.6. The van der Waals surface area contributed by atoms with Gasteiger partial charge in [-0.25, -0.2) is 0 Å². The van der Waals surface area contributed by atoms with E-state index in [-0.39, 0.29) is 23.7 Å². The minimum atomic E-state index is -0.990. The van der Waals surface area contributed by atoms with E-state index in [4.69, 9.17) is 9.47 Å². The van der Waals surface area contributed by atoms with E-state index in [1.807, 2.05) is 6.92 Å². The van der Waals surface area contributed by atoms with Crippen LogP contribution in [0.3, 0.4) is 0 Å². The Hall–Kier alpha value is -1.27. The predicted octanol–water partition coefficient (Wildman–Crippen LogP) is 3.42. The van der Waals surface area contributed by atoms with Crippen molar-refractivity contribution in [3.05, 3.63) is 21.7 Å². The molecule has 1 unspecified atom stereocenters. The monoisotopic (exact) mass is 386 g/mol. The average molecular weight is 387 g/mol. The van der Waals surface area contributed by atoms with Gasteiger partial charge < -0.3 is 19.7 Å². The van der Waals surface area contributed by atoms with Crippen molar-refractivity contribution in [2.75, 3.05) is 6.61 Å². The lowest BCUT2D eigenvalue weighted by Crippen LogP contribution is -2.44. The van der Waals surface area contributed by atoms with Crippen molar-refractivity contribution in [3.63, 3.8) is 0 Å². The van der Waals surface area contributed by atoms with Gasteiger partial charge in [-0.15, -0.1) is 0 Å². The van der Waals surface area contributed by atoms with E-state index in [2.05, 4.69) is 15.9 Å². The van der Waals surface area contributed by atoms with Crippen LogP contribution in [0, 0.1) is 6.92 Å². The first-order valence-electron chi connectivity index (χ1n) is 7.65. The van der Waals surface area contributed by atoms with Crippen LogP contribution in [0.5, 0.6) is 11.5 Å². The standard InChI is InChI=1S/C17H23BrO5/c1-9-15-11(5-6-22-10(2)19)7-14(17(3,4)21)23-13(15)8-12(18)16(9)20/h8,11,14,20-21H,5-7H2,1-4H3/t11-,14?/m0/s1. The van der Waals surface area contributed by atoms with Crippen LogP contribution < -0.4 is 4.74 Å². The summed E-state index contributed by atoms with van der Waals surface area (Å²) in [6.45, 7) is 6.95. The molecule has 0 spiro atoms. The molecular weight excluding hydrogens is 364 g/mol. The van der Waals surface area contributed by atoms with Gasteiger partial charge in [-0.05, 0) is 67.1 Å². The summed E-state index contributed by atoms with van der Waals surface area (Å²) < 4.78 is 11.6. The zero-order valence-corrected chi connectivity index (χ0v) is 15.4. The maximum absolute atomic E-state index is 11.0. The summed E-state index contributed by atoms with van der Waals surface area (Å²) in [4.78, 5) is 11.0. The van der Waals surface area contributed by atoms with Crippen LogP contribution in [-0.2, 0) is 9.53 Å². The molecule has 23 heavy (non-hydrogen) atoms. The zero-order valence-electron chi connectivity index (χ0n) is 13.9. The fraction of sp³-hybridized carbons (Fsp3) is 0.588. The van der Waals surface area contributed by atoms with Gasteiger partial charge in [-0.3, -0.25) is 4.79 Å². The number of aromatic hydroxyl groups is 1. The number of fused-ring (bicyclic) bond motifs is 1. The summed E-state index contributed by atoms with van der Waals surface area (Å²) in [5.74, 6) is 0.560. The predicted molar refractivity (Wildman–Crippen MR) is 89.9 cm³/mol. The van der Waals surface area contributed by atoms with Gasteiger partial charge in [0.2, 0.25) is 0 Å². The van der Waals surface area contributed by atoms with Crippen LogP contribution in [0.25, 0.3) is 0 Å². The Morgan fingerprint density at radius 2 is 2.17 bits per heavy atom. The number of rotatable bonds is 4. The molecule has 128 valence electrons. The molecule has 0 amide bonds. The molecular formula is C17H23BrO5. The SMILES string of the molecule is CC(=O)OCC[C@H]1CC(C(C)(C)O)Oc2cc(Br)c(O)c(C)c21. The van der Waals surface area contributed by atoms with Crippen LogP contribution in [0.1, 0.15) is 50.7 Å². The molecule has 1 aromatic rings. The smallest absolute Gasteiger partial charge is 0.302 e. The Bertz CT molecular complexity index is 606. The van der Waals surface area contributed by atoms with Gasteiger partial charge in [0.25, 0.3) is 0 Å². The number of carbonyl (C=O) groups excluding carboxylic acids is 1. The molecule has 0 aliphatic carbocycles. The number of phenolic OH excluding ortho intramolecular Hbond substituents is 1. The Balaban J connectivity index is 2.37. The van der Waals surface area contributed by atoms with Gasteiger partial charge in [0, 0.05) is 12.5 Å². The first-order chi connectivity index (χ1) is 10.6. The molecule has 1 heterocycles. The first kappa shape index (κ1) is 18.1. The molecule has 0 saturated carbocycles. The van der Waals surface area contributed by atoms with Crippen LogP contribution in [0.15, 0.2) is 10.5 Å². The minimum absolute atomic E-state index is 0.0357. The van der Waals surface area contributed by atoms with E-state index < -0.39 is 5.60 Å². The third kappa shape index (κ3) is 3.98. The van der Waals surface area contributed by atoms with E-state index in [1.165, 1.54) is 6.92 Å². The number of aliphatic hydroxyl groups is 1. The zero-order chi connectivity index (χ0) is 17.4. The van der Waals surface area contributed by atoms with E-state index in [1.54, 1.807) is 19.9 Å². The van der Waals surface area contributed by atoms with Gasteiger partial charge in [0.15, 0.2) is 0 Å². The van der Waals surface area contributed by atoms with Crippen molar-refractivity contribution in [3.8, 4) is 11.5 Å². The molecule has 0 bridgehead atoms. The third-order valence-corrected chi connectivity index (χ3v) is 4.85. The van der Waals surface area contributed by atoms with Crippen molar-refractivity contribution in [2.45, 2.75) is 58.2 Å². The number of benzene rings is 1. The van der Waals surface area contributed by atoms with Crippen molar-refractivity contribution in [2.24, 2.45) is 0 Å². The lowest BCUT2D eigenvalue weighted by molar-refractivity contribution is -0.141. The largest absolute Gasteiger partial charge is 0.506 e. The lowest BCUT2D eigenvalue weighted by Gasteiger charge is -2.39. The molecule has 1 aliphatic heterocycles. The fourth-order valence-electron chi connectivity index (χ4n) is 2.97. The number of hydrogen-bond donors (Lipinski definition) is 2. The molecule has 1 aromatic carbocycles. The molecule has 0 fully saturated rings. The topological polar surface area (TPSA) is 76.0 Å². The summed E-state index contributed by atoms with van der Waals surface area (Å²) in [6.07, 6.45) is 0.845. The Morgan fingerprint density at radius 1 is 1.52 bits per heavy atom. The van der Waals surface area contributed by atoms with Gasteiger partial charge in [-0.1, -0.05) is 0 Å². The summed E-state index contributed by atoms with van der Waals surface area (Å²) in [6, 6.07) is 1.73. The van der Waals surface area contributed by atoms with Gasteiger partial charge in [0.1, 0.15) is 17.6 Å². The molecule has 0 radical (unpaired) electrons. The quantitative estimate of drug-likeness (QED) is 0.775. The van der Waals surface area contributed by atoms with Crippen LogP contribution >= 0.6 is 15.9 Å². The Kier molecular flexibility index (Phi) is 5.26. The summed E-state index contributed by atoms with van der Waals surface area (Å²) in [7, 11) is 0. The maximum Gasteiger partial charge on any atom is 0.302 e. The molecule has 5 nitrogen and oxygen atoms in total. The van der Waals surface area contributed by atoms with Crippen molar-refractivity contribution >= 4 is 21.9 Å². The maximum atomic E-state index is 11.0. The van der Waals surface area contributed by atoms with Crippen molar-refractivity contribution < 1.29 is 24.5 Å². The van der Waals surface area contributed by atoms with Crippen LogP contribution in [0.2, 0.25) is 0 Å². The summed E-state index contributed by atoms with van der Waals surface area (Å²) in [5, 5.41) is 20.5. The third-order valence-electron chi connectivity index (χ3n) is 4.24. The number of phenols is 1. The first-order valence-corrected chi connectivity index (χ1v) is 8.45. The van der Waals surface area contributed by atoms with Gasteiger partial charge >= 0.3 is 5.97 Å². The highest BCUT2D eigenvalue weighted by atomic mass is 79.9. The molecule has 0 saturated heterocycles. The van der Waals surface area contributed by atoms with Gasteiger partial charge in [0.05, 0.1) is 16.7 Å². The fourth-order valence-corrected chi connectivity index (χ4v) is 3.48. The second-order valence-electron chi connectivity index (χ2n) is 6.57. The Labute approximate surface area is 144 Å². The average Bonchev–Trinajstić information content (AvgIpc) is 2.42. The number of halogens is 1.